The van der Waals surface area contributed by atoms with Gasteiger partial charge in [-0.2, -0.15) is 0 Å². The molecule has 0 bridgehead atoms. The number of aryl methyl sites for hydroxylation is 1. The Labute approximate surface area is 165 Å². The summed E-state index contributed by atoms with van der Waals surface area (Å²) in [7, 11) is 1.59. The maximum absolute atomic E-state index is 14.1. The molecular weight excluding hydrogens is 355 g/mol. The number of rotatable bonds is 8. The van der Waals surface area contributed by atoms with E-state index < -0.39 is 5.82 Å². The third-order valence-corrected chi connectivity index (χ3v) is 4.67. The van der Waals surface area contributed by atoms with Crippen molar-refractivity contribution >= 4 is 5.91 Å². The SMILES string of the molecule is COCCN(Cc1cccn1Cc1cccc(C)c1)C(=O)c1ccccc1F. The van der Waals surface area contributed by atoms with Crippen molar-refractivity contribution in [3.8, 4) is 0 Å². The molecule has 0 aliphatic rings. The highest BCUT2D eigenvalue weighted by Gasteiger charge is 2.20. The third kappa shape index (κ3) is 4.87. The monoisotopic (exact) mass is 380 g/mol. The van der Waals surface area contributed by atoms with Crippen LogP contribution in [0.4, 0.5) is 4.39 Å². The molecule has 3 aromatic rings. The zero-order chi connectivity index (χ0) is 19.9. The molecule has 0 atom stereocenters. The summed E-state index contributed by atoms with van der Waals surface area (Å²) in [5.74, 6) is -0.844. The van der Waals surface area contributed by atoms with Gasteiger partial charge in [0.1, 0.15) is 5.82 Å². The molecule has 0 aliphatic carbocycles. The van der Waals surface area contributed by atoms with Crippen molar-refractivity contribution in [2.45, 2.75) is 20.0 Å². The minimum absolute atomic E-state index is 0.0791. The summed E-state index contributed by atoms with van der Waals surface area (Å²) in [5.41, 5.74) is 3.47. The molecule has 28 heavy (non-hydrogen) atoms. The molecular formula is C23H25FN2O2. The number of methoxy groups -OCH3 is 1. The molecule has 0 saturated carbocycles. The van der Waals surface area contributed by atoms with Crippen molar-refractivity contribution in [3.63, 3.8) is 0 Å². The van der Waals surface area contributed by atoms with Crippen molar-refractivity contribution in [1.29, 1.82) is 0 Å². The fourth-order valence-corrected chi connectivity index (χ4v) is 3.21. The lowest BCUT2D eigenvalue weighted by Crippen LogP contribution is -2.34. The van der Waals surface area contributed by atoms with Gasteiger partial charge in [-0.05, 0) is 36.8 Å². The van der Waals surface area contributed by atoms with Gasteiger partial charge in [0.25, 0.3) is 5.91 Å². The largest absolute Gasteiger partial charge is 0.383 e. The van der Waals surface area contributed by atoms with Crippen LogP contribution in [0.1, 0.15) is 27.2 Å². The van der Waals surface area contributed by atoms with E-state index in [4.69, 9.17) is 4.74 Å². The Morgan fingerprint density at radius 3 is 2.68 bits per heavy atom. The number of nitrogens with zero attached hydrogens (tertiary/aromatic N) is 2. The molecule has 0 aliphatic heterocycles. The first kappa shape index (κ1) is 19.8. The molecule has 4 nitrogen and oxygen atoms in total. The highest BCUT2D eigenvalue weighted by atomic mass is 19.1. The maximum atomic E-state index is 14.1. The van der Waals surface area contributed by atoms with Crippen LogP contribution >= 0.6 is 0 Å². The van der Waals surface area contributed by atoms with Crippen LogP contribution in [0, 0.1) is 12.7 Å². The fraction of sp³-hybridized carbons (Fsp3) is 0.261. The number of hydrogen-bond donors (Lipinski definition) is 0. The highest BCUT2D eigenvalue weighted by molar-refractivity contribution is 5.94. The van der Waals surface area contributed by atoms with Gasteiger partial charge in [-0.1, -0.05) is 42.0 Å². The Morgan fingerprint density at radius 2 is 1.93 bits per heavy atom. The Hall–Kier alpha value is -2.92. The van der Waals surface area contributed by atoms with Crippen molar-refractivity contribution in [2.75, 3.05) is 20.3 Å². The van der Waals surface area contributed by atoms with Crippen LogP contribution in [0.3, 0.4) is 0 Å². The van der Waals surface area contributed by atoms with E-state index >= 15 is 0 Å². The number of amides is 1. The van der Waals surface area contributed by atoms with Crippen LogP contribution in [0.15, 0.2) is 66.9 Å². The molecule has 5 heteroatoms. The molecule has 1 amide bonds. The van der Waals surface area contributed by atoms with Crippen LogP contribution in [0.5, 0.6) is 0 Å². The number of benzene rings is 2. The molecule has 1 heterocycles. The Morgan fingerprint density at radius 1 is 1.11 bits per heavy atom. The van der Waals surface area contributed by atoms with E-state index in [2.05, 4.69) is 29.7 Å². The summed E-state index contributed by atoms with van der Waals surface area (Å²) in [4.78, 5) is 14.6. The third-order valence-electron chi connectivity index (χ3n) is 4.67. The second-order valence-electron chi connectivity index (χ2n) is 6.82. The smallest absolute Gasteiger partial charge is 0.257 e. The van der Waals surface area contributed by atoms with Crippen LogP contribution in [-0.2, 0) is 17.8 Å². The summed E-state index contributed by atoms with van der Waals surface area (Å²) in [6.07, 6.45) is 2.00. The Kier molecular flexibility index (Phi) is 6.61. The highest BCUT2D eigenvalue weighted by Crippen LogP contribution is 2.15. The number of carbonyl (C=O) groups excluding carboxylic acids is 1. The van der Waals surface area contributed by atoms with Crippen molar-refractivity contribution in [3.05, 3.63) is 95.1 Å². The first-order valence-corrected chi connectivity index (χ1v) is 9.31. The quantitative estimate of drug-likeness (QED) is 0.585. The molecule has 0 unspecified atom stereocenters. The average molecular weight is 380 g/mol. The number of ether oxygens (including phenoxy) is 1. The Balaban J connectivity index is 1.81. The van der Waals surface area contributed by atoms with E-state index in [1.54, 1.807) is 24.1 Å². The lowest BCUT2D eigenvalue weighted by atomic mass is 10.1. The predicted molar refractivity (Wildman–Crippen MR) is 108 cm³/mol. The van der Waals surface area contributed by atoms with Gasteiger partial charge in [-0.15, -0.1) is 0 Å². The number of halogens is 1. The number of aromatic nitrogens is 1. The van der Waals surface area contributed by atoms with E-state index in [9.17, 15) is 9.18 Å². The van der Waals surface area contributed by atoms with E-state index in [0.717, 1.165) is 12.2 Å². The van der Waals surface area contributed by atoms with E-state index in [0.29, 0.717) is 19.7 Å². The van der Waals surface area contributed by atoms with Gasteiger partial charge in [0, 0.05) is 32.1 Å². The molecule has 2 aromatic carbocycles. The molecule has 0 saturated heterocycles. The van der Waals surface area contributed by atoms with Crippen molar-refractivity contribution < 1.29 is 13.9 Å². The van der Waals surface area contributed by atoms with Gasteiger partial charge in [0.2, 0.25) is 0 Å². The van der Waals surface area contributed by atoms with Crippen LogP contribution < -0.4 is 0 Å². The second kappa shape index (κ2) is 9.33. The minimum atomic E-state index is -0.509. The van der Waals surface area contributed by atoms with Gasteiger partial charge >= 0.3 is 0 Å². The van der Waals surface area contributed by atoms with Gasteiger partial charge in [-0.25, -0.2) is 4.39 Å². The summed E-state index contributed by atoms with van der Waals surface area (Å²) in [5, 5.41) is 0. The fourth-order valence-electron chi connectivity index (χ4n) is 3.21. The first-order valence-electron chi connectivity index (χ1n) is 9.31. The van der Waals surface area contributed by atoms with Gasteiger partial charge < -0.3 is 14.2 Å². The van der Waals surface area contributed by atoms with E-state index in [1.807, 2.05) is 24.4 Å². The summed E-state index contributed by atoms with van der Waals surface area (Å²) in [6, 6.07) is 18.4. The summed E-state index contributed by atoms with van der Waals surface area (Å²) < 4.78 is 21.4. The lowest BCUT2D eigenvalue weighted by molar-refractivity contribution is 0.0671. The second-order valence-corrected chi connectivity index (χ2v) is 6.82. The maximum Gasteiger partial charge on any atom is 0.257 e. The summed E-state index contributed by atoms with van der Waals surface area (Å²) in [6.45, 7) is 3.95. The zero-order valence-corrected chi connectivity index (χ0v) is 16.3. The van der Waals surface area contributed by atoms with Crippen molar-refractivity contribution in [2.24, 2.45) is 0 Å². The molecule has 0 N–H and O–H groups in total. The zero-order valence-electron chi connectivity index (χ0n) is 16.3. The lowest BCUT2D eigenvalue weighted by Gasteiger charge is -2.24. The first-order chi connectivity index (χ1) is 13.6. The van der Waals surface area contributed by atoms with Gasteiger partial charge in [0.05, 0.1) is 18.7 Å². The summed E-state index contributed by atoms with van der Waals surface area (Å²) >= 11 is 0. The standard InChI is InChI=1S/C23H25FN2O2/c1-18-7-5-8-19(15-18)16-25-12-6-9-20(25)17-26(13-14-28-2)23(27)21-10-3-4-11-22(21)24/h3-12,15H,13-14,16-17H2,1-2H3. The molecule has 0 radical (unpaired) electrons. The Bertz CT molecular complexity index is 936. The average Bonchev–Trinajstić information content (AvgIpc) is 3.11. The topological polar surface area (TPSA) is 34.5 Å². The van der Waals surface area contributed by atoms with Crippen LogP contribution in [-0.4, -0.2) is 35.6 Å². The van der Waals surface area contributed by atoms with E-state index in [-0.39, 0.29) is 11.5 Å². The molecule has 146 valence electrons. The molecule has 0 spiro atoms. The molecule has 1 aromatic heterocycles. The van der Waals surface area contributed by atoms with Crippen molar-refractivity contribution in [1.82, 2.24) is 9.47 Å². The predicted octanol–water partition coefficient (Wildman–Crippen LogP) is 4.27. The molecule has 3 rings (SSSR count). The van der Waals surface area contributed by atoms with Gasteiger partial charge in [0.15, 0.2) is 0 Å². The van der Waals surface area contributed by atoms with Gasteiger partial charge in [-0.3, -0.25) is 4.79 Å². The number of carbonyl (C=O) groups is 1. The van der Waals surface area contributed by atoms with Crippen LogP contribution in [0.2, 0.25) is 0 Å². The molecule has 0 fully saturated rings. The van der Waals surface area contributed by atoms with E-state index in [1.165, 1.54) is 23.3 Å². The van der Waals surface area contributed by atoms with Crippen LogP contribution in [0.25, 0.3) is 0 Å². The normalized spacial score (nSPS) is 10.8. The minimum Gasteiger partial charge on any atom is -0.383 e. The number of hydrogen-bond acceptors (Lipinski definition) is 2.